The Hall–Kier alpha value is -3.39. The van der Waals surface area contributed by atoms with Crippen molar-refractivity contribution < 1.29 is 19.8 Å². The topological polar surface area (TPSA) is 110 Å². The molecule has 8 heteroatoms. The molecule has 0 bridgehead atoms. The van der Waals surface area contributed by atoms with Crippen molar-refractivity contribution >= 4 is 29.0 Å². The molecule has 3 N–H and O–H groups in total. The minimum Gasteiger partial charge on any atom is -0.465 e. The highest BCUT2D eigenvalue weighted by molar-refractivity contribution is 6.00. The summed E-state index contributed by atoms with van der Waals surface area (Å²) in [6.45, 7) is 0.498. The fourth-order valence-electron chi connectivity index (χ4n) is 3.96. The Morgan fingerprint density at radius 3 is 2.79 bits per heavy atom. The van der Waals surface area contributed by atoms with E-state index in [1.165, 1.54) is 7.05 Å². The molecule has 8 nitrogen and oxygen atoms in total. The van der Waals surface area contributed by atoms with Crippen molar-refractivity contribution in [3.8, 4) is 0 Å². The van der Waals surface area contributed by atoms with Gasteiger partial charge in [-0.3, -0.25) is 9.69 Å². The van der Waals surface area contributed by atoms with Crippen LogP contribution in [0.5, 0.6) is 0 Å². The highest BCUT2D eigenvalue weighted by Gasteiger charge is 2.51. The first-order valence-corrected chi connectivity index (χ1v) is 9.50. The average Bonchev–Trinajstić information content (AvgIpc) is 3.40. The molecule has 29 heavy (non-hydrogen) atoms. The van der Waals surface area contributed by atoms with Crippen molar-refractivity contribution in [3.63, 3.8) is 0 Å². The number of amides is 2. The molecule has 1 atom stereocenters. The quantitative estimate of drug-likeness (QED) is 0.632. The molecule has 1 fully saturated rings. The van der Waals surface area contributed by atoms with Crippen molar-refractivity contribution in [3.05, 3.63) is 59.2 Å². The van der Waals surface area contributed by atoms with Crippen molar-refractivity contribution in [2.24, 2.45) is 5.92 Å². The standard InChI is InChI=1S/C21H20N4O4/c1-24(20(27)28)19-22-16-9-8-13(10-17(16)23-19)21(29)15-5-3-2-4-14(15)18(26)25(21)11-12-6-7-12/h2-5,8-10,12,29H,6-7,11H2,1H3,(H,22,23)(H,27,28). The number of aromatic nitrogens is 2. The first kappa shape index (κ1) is 17.7. The first-order valence-electron chi connectivity index (χ1n) is 9.50. The maximum atomic E-state index is 13.1. The zero-order valence-electron chi connectivity index (χ0n) is 15.8. The predicted octanol–water partition coefficient (Wildman–Crippen LogP) is 2.74. The Labute approximate surface area is 166 Å². The summed E-state index contributed by atoms with van der Waals surface area (Å²) >= 11 is 0. The van der Waals surface area contributed by atoms with Crippen LogP contribution in [0.3, 0.4) is 0 Å². The zero-order chi connectivity index (χ0) is 20.3. The number of anilines is 1. The van der Waals surface area contributed by atoms with Gasteiger partial charge in [0.1, 0.15) is 0 Å². The lowest BCUT2D eigenvalue weighted by atomic mass is 9.93. The second-order valence-electron chi connectivity index (χ2n) is 7.71. The Balaban J connectivity index is 1.64. The number of aliphatic hydroxyl groups is 1. The minimum atomic E-state index is -1.57. The van der Waals surface area contributed by atoms with E-state index in [-0.39, 0.29) is 11.9 Å². The first-order chi connectivity index (χ1) is 13.9. The van der Waals surface area contributed by atoms with Crippen LogP contribution in [0.15, 0.2) is 42.5 Å². The summed E-state index contributed by atoms with van der Waals surface area (Å²) in [5.74, 6) is 0.423. The van der Waals surface area contributed by atoms with Crippen molar-refractivity contribution in [2.75, 3.05) is 18.5 Å². The van der Waals surface area contributed by atoms with E-state index in [0.29, 0.717) is 40.2 Å². The molecule has 1 aliphatic carbocycles. The van der Waals surface area contributed by atoms with Crippen LogP contribution in [0.1, 0.15) is 34.3 Å². The number of imidazole rings is 1. The molecule has 0 saturated heterocycles. The third kappa shape index (κ3) is 2.60. The number of hydrogen-bond acceptors (Lipinski definition) is 4. The summed E-state index contributed by atoms with van der Waals surface area (Å²) < 4.78 is 0. The second kappa shape index (κ2) is 6.05. The SMILES string of the molecule is CN(C(=O)O)c1nc2ccc(C3(O)c4ccccc4C(=O)N3CC3CC3)cc2[nH]1. The number of nitrogens with one attached hydrogen (secondary N) is 1. The van der Waals surface area contributed by atoms with Crippen LogP contribution >= 0.6 is 0 Å². The number of fused-ring (bicyclic) bond motifs is 2. The number of H-pyrrole nitrogens is 1. The zero-order valence-corrected chi connectivity index (χ0v) is 15.8. The molecular formula is C21H20N4O4. The lowest BCUT2D eigenvalue weighted by molar-refractivity contribution is -0.0518. The third-order valence-electron chi connectivity index (χ3n) is 5.78. The largest absolute Gasteiger partial charge is 0.465 e. The van der Waals surface area contributed by atoms with Crippen molar-refractivity contribution in [1.82, 2.24) is 14.9 Å². The number of benzene rings is 2. The molecule has 3 aromatic rings. The second-order valence-corrected chi connectivity index (χ2v) is 7.71. The average molecular weight is 392 g/mol. The third-order valence-corrected chi connectivity index (χ3v) is 5.78. The smallest absolute Gasteiger partial charge is 0.413 e. The van der Waals surface area contributed by atoms with Gasteiger partial charge in [-0.15, -0.1) is 0 Å². The number of hydrogen-bond donors (Lipinski definition) is 3. The molecule has 2 heterocycles. The van der Waals surface area contributed by atoms with Gasteiger partial charge in [-0.25, -0.2) is 9.78 Å². The van der Waals surface area contributed by atoms with E-state index in [1.807, 2.05) is 6.07 Å². The van der Waals surface area contributed by atoms with E-state index < -0.39 is 11.8 Å². The predicted molar refractivity (Wildman–Crippen MR) is 106 cm³/mol. The fourth-order valence-corrected chi connectivity index (χ4v) is 3.96. The lowest BCUT2D eigenvalue weighted by Gasteiger charge is -2.35. The minimum absolute atomic E-state index is 0.175. The summed E-state index contributed by atoms with van der Waals surface area (Å²) in [6.07, 6.45) is 0.982. The Kier molecular flexibility index (Phi) is 3.69. The Morgan fingerprint density at radius 2 is 2.07 bits per heavy atom. The summed E-state index contributed by atoms with van der Waals surface area (Å²) in [4.78, 5) is 34.1. The van der Waals surface area contributed by atoms with Gasteiger partial charge in [-0.05, 0) is 37.0 Å². The highest BCUT2D eigenvalue weighted by atomic mass is 16.4. The Bertz CT molecular complexity index is 1150. The molecule has 5 rings (SSSR count). The molecular weight excluding hydrogens is 372 g/mol. The van der Waals surface area contributed by atoms with E-state index in [9.17, 15) is 19.8 Å². The molecule has 0 radical (unpaired) electrons. The van der Waals surface area contributed by atoms with Crippen LogP contribution in [-0.4, -0.2) is 50.7 Å². The maximum Gasteiger partial charge on any atom is 0.413 e. The van der Waals surface area contributed by atoms with Gasteiger partial charge in [0.15, 0.2) is 5.72 Å². The van der Waals surface area contributed by atoms with Gasteiger partial charge in [0.05, 0.1) is 11.0 Å². The molecule has 2 aromatic carbocycles. The van der Waals surface area contributed by atoms with Gasteiger partial charge in [-0.2, -0.15) is 0 Å². The number of carbonyl (C=O) groups excluding carboxylic acids is 1. The molecule has 1 aliphatic heterocycles. The van der Waals surface area contributed by atoms with Gasteiger partial charge in [0.25, 0.3) is 5.91 Å². The highest BCUT2D eigenvalue weighted by Crippen LogP contribution is 2.45. The molecule has 1 aromatic heterocycles. The fraction of sp³-hybridized carbons (Fsp3) is 0.286. The van der Waals surface area contributed by atoms with Gasteiger partial charge in [0, 0.05) is 30.3 Å². The van der Waals surface area contributed by atoms with Crippen LogP contribution in [0.25, 0.3) is 11.0 Å². The molecule has 2 amide bonds. The van der Waals surface area contributed by atoms with Crippen LogP contribution < -0.4 is 4.90 Å². The van der Waals surface area contributed by atoms with E-state index in [0.717, 1.165) is 17.7 Å². The lowest BCUT2D eigenvalue weighted by Crippen LogP contribution is -2.45. The summed E-state index contributed by atoms with van der Waals surface area (Å²) in [5.41, 5.74) is 1.19. The van der Waals surface area contributed by atoms with Crippen LogP contribution in [0, 0.1) is 5.92 Å². The van der Waals surface area contributed by atoms with E-state index in [1.54, 1.807) is 41.3 Å². The Morgan fingerprint density at radius 1 is 1.31 bits per heavy atom. The molecule has 1 unspecified atom stereocenters. The van der Waals surface area contributed by atoms with Gasteiger partial charge < -0.3 is 20.1 Å². The van der Waals surface area contributed by atoms with Crippen LogP contribution in [-0.2, 0) is 5.72 Å². The summed E-state index contributed by atoms with van der Waals surface area (Å²) in [7, 11) is 1.40. The maximum absolute atomic E-state index is 13.1. The van der Waals surface area contributed by atoms with E-state index in [2.05, 4.69) is 9.97 Å². The van der Waals surface area contributed by atoms with Gasteiger partial charge >= 0.3 is 6.09 Å². The number of aromatic amines is 1. The summed E-state index contributed by atoms with van der Waals surface area (Å²) in [5, 5.41) is 21.0. The van der Waals surface area contributed by atoms with Gasteiger partial charge in [0.2, 0.25) is 5.95 Å². The number of carbonyl (C=O) groups is 2. The van der Waals surface area contributed by atoms with Crippen molar-refractivity contribution in [1.29, 1.82) is 0 Å². The number of rotatable bonds is 4. The monoisotopic (exact) mass is 392 g/mol. The van der Waals surface area contributed by atoms with E-state index >= 15 is 0 Å². The number of carboxylic acid groups (broad SMARTS) is 1. The van der Waals surface area contributed by atoms with Gasteiger partial charge in [-0.1, -0.05) is 24.3 Å². The summed E-state index contributed by atoms with van der Waals surface area (Å²) in [6, 6.07) is 12.3. The van der Waals surface area contributed by atoms with Crippen molar-refractivity contribution in [2.45, 2.75) is 18.6 Å². The molecule has 1 saturated carbocycles. The molecule has 0 spiro atoms. The normalized spacial score (nSPS) is 20.9. The molecule has 148 valence electrons. The van der Waals surface area contributed by atoms with Crippen LogP contribution in [0.4, 0.5) is 10.7 Å². The van der Waals surface area contributed by atoms with Crippen LogP contribution in [0.2, 0.25) is 0 Å². The van der Waals surface area contributed by atoms with E-state index in [4.69, 9.17) is 0 Å². The number of nitrogens with zero attached hydrogens (tertiary/aromatic N) is 3. The molecule has 2 aliphatic rings.